The van der Waals surface area contributed by atoms with E-state index in [-0.39, 0.29) is 5.56 Å². The molecule has 5 nitrogen and oxygen atoms in total. The first-order valence-corrected chi connectivity index (χ1v) is 10.00. The average molecular weight is 423 g/mol. The summed E-state index contributed by atoms with van der Waals surface area (Å²) in [6.45, 7) is 2.51. The van der Waals surface area contributed by atoms with Crippen LogP contribution in [-0.2, 0) is 6.54 Å². The lowest BCUT2D eigenvalue weighted by Crippen LogP contribution is -2.20. The van der Waals surface area contributed by atoms with Crippen molar-refractivity contribution in [1.82, 2.24) is 19.3 Å². The molecule has 0 unspecified atom stereocenters. The average Bonchev–Trinajstić information content (AvgIpc) is 3.25. The summed E-state index contributed by atoms with van der Waals surface area (Å²) >= 11 is 12.7. The predicted molar refractivity (Wildman–Crippen MR) is 117 cm³/mol. The molecule has 0 fully saturated rings. The summed E-state index contributed by atoms with van der Waals surface area (Å²) in [4.78, 5) is 17.6. The summed E-state index contributed by atoms with van der Waals surface area (Å²) in [5, 5.41) is 6.19. The molecule has 2 aromatic carbocycles. The summed E-state index contributed by atoms with van der Waals surface area (Å²) < 4.78 is 3.43. The zero-order chi connectivity index (χ0) is 20.1. The van der Waals surface area contributed by atoms with Gasteiger partial charge in [0, 0.05) is 17.1 Å². The fourth-order valence-electron chi connectivity index (χ4n) is 3.72. The van der Waals surface area contributed by atoms with Crippen molar-refractivity contribution in [3.8, 4) is 5.69 Å². The van der Waals surface area contributed by atoms with Crippen molar-refractivity contribution in [1.29, 1.82) is 0 Å². The van der Waals surface area contributed by atoms with Crippen molar-refractivity contribution >= 4 is 45.8 Å². The molecule has 7 heteroatoms. The highest BCUT2D eigenvalue weighted by molar-refractivity contribution is 6.31. The lowest BCUT2D eigenvalue weighted by atomic mass is 10.1. The van der Waals surface area contributed by atoms with Crippen LogP contribution in [0.5, 0.6) is 0 Å². The van der Waals surface area contributed by atoms with Crippen LogP contribution in [0.25, 0.3) is 28.2 Å². The Bertz CT molecular complexity index is 1350. The number of nitrogens with zero attached hydrogens (tertiary/aromatic N) is 4. The number of para-hydroxylation sites is 1. The van der Waals surface area contributed by atoms with Gasteiger partial charge < -0.3 is 0 Å². The molecule has 2 aromatic heterocycles. The van der Waals surface area contributed by atoms with Crippen LogP contribution < -0.4 is 5.56 Å². The first kappa shape index (κ1) is 18.2. The molecule has 4 aromatic rings. The monoisotopic (exact) mass is 422 g/mol. The van der Waals surface area contributed by atoms with E-state index in [2.05, 4.69) is 5.10 Å². The summed E-state index contributed by atoms with van der Waals surface area (Å²) in [5.41, 5.74) is 4.09. The maximum atomic E-state index is 12.9. The van der Waals surface area contributed by atoms with E-state index in [4.69, 9.17) is 28.2 Å². The smallest absolute Gasteiger partial charge is 0.261 e. The first-order valence-electron chi connectivity index (χ1n) is 9.24. The summed E-state index contributed by atoms with van der Waals surface area (Å²) in [7, 11) is 0. The van der Waals surface area contributed by atoms with Gasteiger partial charge in [-0.25, -0.2) is 9.67 Å². The molecule has 0 saturated carbocycles. The van der Waals surface area contributed by atoms with Gasteiger partial charge in [-0.1, -0.05) is 41.4 Å². The Morgan fingerprint density at radius 1 is 1.10 bits per heavy atom. The molecule has 5 rings (SSSR count). The molecule has 0 radical (unpaired) electrons. The Labute approximate surface area is 176 Å². The summed E-state index contributed by atoms with van der Waals surface area (Å²) in [6.07, 6.45) is 2.70. The van der Waals surface area contributed by atoms with Crippen LogP contribution in [0.4, 0.5) is 0 Å². The van der Waals surface area contributed by atoms with Crippen LogP contribution in [0.15, 0.2) is 53.3 Å². The van der Waals surface area contributed by atoms with E-state index >= 15 is 0 Å². The molecule has 0 aliphatic carbocycles. The third kappa shape index (κ3) is 2.98. The highest BCUT2D eigenvalue weighted by Crippen LogP contribution is 2.32. The highest BCUT2D eigenvalue weighted by atomic mass is 35.5. The van der Waals surface area contributed by atoms with E-state index in [0.29, 0.717) is 39.9 Å². The van der Waals surface area contributed by atoms with Gasteiger partial charge in [-0.2, -0.15) is 5.10 Å². The van der Waals surface area contributed by atoms with Crippen molar-refractivity contribution in [2.75, 3.05) is 0 Å². The summed E-state index contributed by atoms with van der Waals surface area (Å²) in [5.74, 6) is 0.674. The fourth-order valence-corrected chi connectivity index (χ4v) is 4.21. The number of allylic oxidation sites excluding steroid dienone is 1. The number of halogens is 2. The van der Waals surface area contributed by atoms with Gasteiger partial charge >= 0.3 is 0 Å². The van der Waals surface area contributed by atoms with Crippen LogP contribution in [-0.4, -0.2) is 19.3 Å². The van der Waals surface area contributed by atoms with E-state index in [1.165, 1.54) is 0 Å². The van der Waals surface area contributed by atoms with Crippen molar-refractivity contribution in [2.45, 2.75) is 19.9 Å². The Morgan fingerprint density at radius 2 is 1.90 bits per heavy atom. The topological polar surface area (TPSA) is 52.7 Å². The molecule has 0 N–H and O–H groups in total. The van der Waals surface area contributed by atoms with Crippen molar-refractivity contribution < 1.29 is 0 Å². The SMILES string of the molecule is Cc1nn(-c2ccccc2)c(Cl)c1/C=C1\CCn2c1nc1ccc(Cl)cc1c2=O. The fraction of sp³-hybridized carbons (Fsp3) is 0.136. The van der Waals surface area contributed by atoms with Crippen LogP contribution in [0, 0.1) is 6.92 Å². The van der Waals surface area contributed by atoms with E-state index < -0.39 is 0 Å². The molecule has 0 amide bonds. The maximum Gasteiger partial charge on any atom is 0.261 e. The predicted octanol–water partition coefficient (Wildman–Crippen LogP) is 5.14. The Morgan fingerprint density at radius 3 is 2.69 bits per heavy atom. The normalized spacial score (nSPS) is 14.7. The number of fused-ring (bicyclic) bond motifs is 2. The van der Waals surface area contributed by atoms with Gasteiger partial charge in [0.2, 0.25) is 0 Å². The van der Waals surface area contributed by atoms with Crippen molar-refractivity contribution in [3.05, 3.63) is 86.1 Å². The molecule has 3 heterocycles. The van der Waals surface area contributed by atoms with Crippen molar-refractivity contribution in [3.63, 3.8) is 0 Å². The number of aromatic nitrogens is 4. The second-order valence-corrected chi connectivity index (χ2v) is 7.80. The first-order chi connectivity index (χ1) is 14.0. The van der Waals surface area contributed by atoms with E-state index in [1.54, 1.807) is 27.4 Å². The van der Waals surface area contributed by atoms with E-state index in [9.17, 15) is 4.79 Å². The van der Waals surface area contributed by atoms with Crippen molar-refractivity contribution in [2.24, 2.45) is 0 Å². The van der Waals surface area contributed by atoms with Gasteiger partial charge in [0.05, 0.1) is 22.3 Å². The lowest BCUT2D eigenvalue weighted by molar-refractivity contribution is 0.725. The second kappa shape index (κ2) is 6.87. The maximum absolute atomic E-state index is 12.9. The standard InChI is InChI=1S/C22H16Cl2N4O/c1-13-17(20(24)28(26-13)16-5-3-2-4-6-16)11-14-9-10-27-21(14)25-19-8-7-15(23)12-18(19)22(27)29/h2-8,11-12H,9-10H2,1H3/b14-11+. The molecule has 0 bridgehead atoms. The summed E-state index contributed by atoms with van der Waals surface area (Å²) in [6, 6.07) is 15.0. The minimum atomic E-state index is -0.0706. The van der Waals surface area contributed by atoms with Crippen LogP contribution >= 0.6 is 23.2 Å². The number of benzene rings is 2. The number of rotatable bonds is 2. The largest absolute Gasteiger partial charge is 0.292 e. The van der Waals surface area contributed by atoms with Gasteiger partial charge in [-0.05, 0) is 55.3 Å². The lowest BCUT2D eigenvalue weighted by Gasteiger charge is -2.06. The van der Waals surface area contributed by atoms with Gasteiger partial charge in [-0.15, -0.1) is 0 Å². The second-order valence-electron chi connectivity index (χ2n) is 7.01. The molecule has 29 heavy (non-hydrogen) atoms. The Hall–Kier alpha value is -2.89. The van der Waals surface area contributed by atoms with E-state index in [1.807, 2.05) is 43.3 Å². The van der Waals surface area contributed by atoms with Gasteiger partial charge in [0.25, 0.3) is 5.56 Å². The van der Waals surface area contributed by atoms with E-state index in [0.717, 1.165) is 22.5 Å². The van der Waals surface area contributed by atoms with Gasteiger partial charge in [-0.3, -0.25) is 9.36 Å². The molecule has 1 aliphatic heterocycles. The molecule has 1 aliphatic rings. The Balaban J connectivity index is 1.65. The molecule has 0 saturated heterocycles. The molecule has 0 atom stereocenters. The zero-order valence-corrected chi connectivity index (χ0v) is 17.1. The third-order valence-corrected chi connectivity index (χ3v) is 5.77. The highest BCUT2D eigenvalue weighted by Gasteiger charge is 2.23. The third-order valence-electron chi connectivity index (χ3n) is 5.18. The molecule has 0 spiro atoms. The molecular formula is C22H16Cl2N4O. The van der Waals surface area contributed by atoms with Gasteiger partial charge in [0.15, 0.2) is 0 Å². The Kier molecular flexibility index (Phi) is 4.30. The van der Waals surface area contributed by atoms with Crippen LogP contribution in [0.2, 0.25) is 10.2 Å². The van der Waals surface area contributed by atoms with Gasteiger partial charge in [0.1, 0.15) is 11.0 Å². The minimum absolute atomic E-state index is 0.0706. The quantitative estimate of drug-likeness (QED) is 0.449. The molecular weight excluding hydrogens is 407 g/mol. The van der Waals surface area contributed by atoms with Crippen LogP contribution in [0.1, 0.15) is 23.5 Å². The zero-order valence-electron chi connectivity index (χ0n) is 15.6. The number of aryl methyl sites for hydroxylation is 1. The minimum Gasteiger partial charge on any atom is -0.292 e. The number of hydrogen-bond acceptors (Lipinski definition) is 3. The molecule has 144 valence electrons. The van der Waals surface area contributed by atoms with Crippen LogP contribution in [0.3, 0.4) is 0 Å². The number of hydrogen-bond donors (Lipinski definition) is 0.